The fraction of sp³-hybridized carbons (Fsp3) is 0.800. The van der Waals surface area contributed by atoms with Crippen LogP contribution in [0.2, 0.25) is 0 Å². The fourth-order valence-electron chi connectivity index (χ4n) is 0.307. The van der Waals surface area contributed by atoms with Gasteiger partial charge in [-0.3, -0.25) is 4.72 Å². The van der Waals surface area contributed by atoms with Crippen LogP contribution in [0, 0.1) is 0 Å². The van der Waals surface area contributed by atoms with E-state index < -0.39 is 6.16 Å². The number of rotatable bonds is 5. The third-order valence-electron chi connectivity index (χ3n) is 0.762. The maximum Gasteiger partial charge on any atom is 0.408 e. The van der Waals surface area contributed by atoms with E-state index in [1.807, 2.05) is 4.72 Å². The SMILES string of the molecule is CCCCSSNC(=O)F. The lowest BCUT2D eigenvalue weighted by atomic mass is 10.4. The van der Waals surface area contributed by atoms with Crippen molar-refractivity contribution in [2.75, 3.05) is 5.75 Å². The van der Waals surface area contributed by atoms with Gasteiger partial charge in [-0.15, -0.1) is 4.39 Å². The van der Waals surface area contributed by atoms with Gasteiger partial charge in [-0.1, -0.05) is 24.1 Å². The Hall–Kier alpha value is 0.1000. The Labute approximate surface area is 67.9 Å². The minimum atomic E-state index is -1.48. The van der Waals surface area contributed by atoms with Gasteiger partial charge in [0.2, 0.25) is 0 Å². The Morgan fingerprint density at radius 1 is 1.70 bits per heavy atom. The van der Waals surface area contributed by atoms with E-state index in [-0.39, 0.29) is 0 Å². The first-order valence-corrected chi connectivity index (χ1v) is 5.33. The Morgan fingerprint density at radius 2 is 2.40 bits per heavy atom. The normalized spacial score (nSPS) is 9.40. The molecule has 60 valence electrons. The topological polar surface area (TPSA) is 29.1 Å². The van der Waals surface area contributed by atoms with Crippen molar-refractivity contribution in [3.63, 3.8) is 0 Å². The van der Waals surface area contributed by atoms with Crippen molar-refractivity contribution in [2.24, 2.45) is 0 Å². The summed E-state index contributed by atoms with van der Waals surface area (Å²) >= 11 is 0. The van der Waals surface area contributed by atoms with Crippen molar-refractivity contribution in [1.82, 2.24) is 4.72 Å². The van der Waals surface area contributed by atoms with Gasteiger partial charge in [-0.25, -0.2) is 4.79 Å². The summed E-state index contributed by atoms with van der Waals surface area (Å²) in [6.07, 6.45) is 0.741. The summed E-state index contributed by atoms with van der Waals surface area (Å²) in [5, 5.41) is 0. The molecule has 0 aromatic heterocycles. The number of unbranched alkanes of at least 4 members (excludes halogenated alkanes) is 1. The molecule has 2 nitrogen and oxygen atoms in total. The molecule has 0 bridgehead atoms. The van der Waals surface area contributed by atoms with Crippen LogP contribution in [0.15, 0.2) is 0 Å². The summed E-state index contributed by atoms with van der Waals surface area (Å²) in [7, 11) is 2.49. The number of amides is 1. The van der Waals surface area contributed by atoms with Gasteiger partial charge in [-0.05, 0) is 6.42 Å². The smallest absolute Gasteiger partial charge is 0.262 e. The molecule has 0 saturated heterocycles. The van der Waals surface area contributed by atoms with Gasteiger partial charge in [0, 0.05) is 16.7 Å². The predicted molar refractivity (Wildman–Crippen MR) is 44.6 cm³/mol. The van der Waals surface area contributed by atoms with Crippen molar-refractivity contribution < 1.29 is 9.18 Å². The monoisotopic (exact) mass is 183 g/mol. The molecule has 5 heteroatoms. The summed E-state index contributed by atoms with van der Waals surface area (Å²) in [6, 6.07) is 0. The molecule has 0 aromatic rings. The van der Waals surface area contributed by atoms with Gasteiger partial charge < -0.3 is 0 Å². The summed E-state index contributed by atoms with van der Waals surface area (Å²) in [4.78, 5) is 9.66. The van der Waals surface area contributed by atoms with Crippen molar-refractivity contribution in [3.05, 3.63) is 0 Å². The van der Waals surface area contributed by atoms with Gasteiger partial charge >= 0.3 is 6.16 Å². The molecule has 0 aromatic carbocycles. The zero-order valence-corrected chi connectivity index (χ0v) is 7.36. The van der Waals surface area contributed by atoms with Gasteiger partial charge in [0.25, 0.3) is 0 Å². The second kappa shape index (κ2) is 7.21. The Kier molecular flexibility index (Phi) is 7.28. The van der Waals surface area contributed by atoms with Gasteiger partial charge in [-0.2, -0.15) is 0 Å². The van der Waals surface area contributed by atoms with Gasteiger partial charge in [0.1, 0.15) is 0 Å². The molecule has 0 aliphatic rings. The lowest BCUT2D eigenvalue weighted by Gasteiger charge is -1.95. The Bertz CT molecular complexity index is 102. The molecule has 0 saturated carbocycles. The summed E-state index contributed by atoms with van der Waals surface area (Å²) in [5.74, 6) is 0.946. The van der Waals surface area contributed by atoms with Crippen molar-refractivity contribution in [2.45, 2.75) is 19.8 Å². The molecular weight excluding hydrogens is 173 g/mol. The van der Waals surface area contributed by atoms with Crippen LogP contribution in [-0.2, 0) is 0 Å². The Morgan fingerprint density at radius 3 is 2.90 bits per heavy atom. The molecule has 0 atom stereocenters. The molecule has 0 fully saturated rings. The zero-order valence-electron chi connectivity index (χ0n) is 5.72. The van der Waals surface area contributed by atoms with Crippen LogP contribution in [0.5, 0.6) is 0 Å². The molecule has 1 amide bonds. The minimum absolute atomic E-state index is 0.946. The molecule has 1 N–H and O–H groups in total. The first-order valence-electron chi connectivity index (χ1n) is 3.01. The number of halogens is 1. The van der Waals surface area contributed by atoms with Crippen LogP contribution in [-0.4, -0.2) is 11.9 Å². The number of hydrogen-bond acceptors (Lipinski definition) is 3. The third kappa shape index (κ3) is 8.10. The molecule has 0 unspecified atom stereocenters. The van der Waals surface area contributed by atoms with Crippen molar-refractivity contribution in [3.8, 4) is 0 Å². The van der Waals surface area contributed by atoms with E-state index in [0.29, 0.717) is 0 Å². The van der Waals surface area contributed by atoms with E-state index in [4.69, 9.17) is 0 Å². The number of nitrogens with one attached hydrogen (secondary N) is 1. The Balaban J connectivity index is 2.84. The maximum absolute atomic E-state index is 11.4. The number of carbonyl (C=O) groups is 1. The minimum Gasteiger partial charge on any atom is -0.262 e. The third-order valence-corrected chi connectivity index (χ3v) is 2.68. The van der Waals surface area contributed by atoms with Crippen LogP contribution in [0.3, 0.4) is 0 Å². The fourth-order valence-corrected chi connectivity index (χ4v) is 1.90. The average Bonchev–Trinajstić information content (AvgIpc) is 1.87. The van der Waals surface area contributed by atoms with Crippen LogP contribution >= 0.6 is 21.8 Å². The van der Waals surface area contributed by atoms with E-state index in [9.17, 15) is 9.18 Å². The van der Waals surface area contributed by atoms with Crippen LogP contribution in [0.4, 0.5) is 9.18 Å². The number of hydrogen-bond donors (Lipinski definition) is 1. The first kappa shape index (κ1) is 10.1. The van der Waals surface area contributed by atoms with Crippen LogP contribution < -0.4 is 4.72 Å². The molecule has 0 aliphatic heterocycles. The van der Waals surface area contributed by atoms with Crippen LogP contribution in [0.1, 0.15) is 19.8 Å². The second-order valence-corrected chi connectivity index (χ2v) is 3.86. The molecule has 0 spiro atoms. The summed E-state index contributed by atoms with van der Waals surface area (Å²) < 4.78 is 13.4. The van der Waals surface area contributed by atoms with E-state index in [1.54, 1.807) is 0 Å². The standard InChI is InChI=1S/C5H10FNOS2/c1-2-3-4-9-10-7-5(6)8/h2-4H2,1H3,(H,7,8). The van der Waals surface area contributed by atoms with E-state index in [0.717, 1.165) is 29.6 Å². The lowest BCUT2D eigenvalue weighted by molar-refractivity contribution is 0.228. The molecule has 0 heterocycles. The van der Waals surface area contributed by atoms with Gasteiger partial charge in [0.05, 0.1) is 0 Å². The average molecular weight is 183 g/mol. The molecule has 10 heavy (non-hydrogen) atoms. The number of carbonyl (C=O) groups excluding carboxylic acids is 1. The summed E-state index contributed by atoms with van der Waals surface area (Å²) in [5.41, 5.74) is 0. The molecular formula is C5H10FNOS2. The van der Waals surface area contributed by atoms with E-state index in [2.05, 4.69) is 6.92 Å². The van der Waals surface area contributed by atoms with E-state index in [1.165, 1.54) is 10.8 Å². The highest BCUT2D eigenvalue weighted by Gasteiger charge is 1.94. The maximum atomic E-state index is 11.4. The second-order valence-electron chi connectivity index (χ2n) is 1.63. The quantitative estimate of drug-likeness (QED) is 0.234. The molecule has 0 rings (SSSR count). The molecule has 0 aliphatic carbocycles. The van der Waals surface area contributed by atoms with Crippen LogP contribution in [0.25, 0.3) is 0 Å². The lowest BCUT2D eigenvalue weighted by Crippen LogP contribution is -2.04. The largest absolute Gasteiger partial charge is 0.408 e. The van der Waals surface area contributed by atoms with Gasteiger partial charge in [0.15, 0.2) is 0 Å². The molecule has 0 radical (unpaired) electrons. The van der Waals surface area contributed by atoms with E-state index >= 15 is 0 Å². The first-order chi connectivity index (χ1) is 4.77. The van der Waals surface area contributed by atoms with Crippen molar-refractivity contribution >= 4 is 27.9 Å². The predicted octanol–water partition coefficient (Wildman–Crippen LogP) is 2.76. The summed E-state index contributed by atoms with van der Waals surface area (Å²) in [6.45, 7) is 2.08. The highest BCUT2D eigenvalue weighted by atomic mass is 33.1. The highest BCUT2D eigenvalue weighted by Crippen LogP contribution is 2.18. The van der Waals surface area contributed by atoms with Crippen molar-refractivity contribution in [1.29, 1.82) is 0 Å². The highest BCUT2D eigenvalue weighted by molar-refractivity contribution is 8.76. The zero-order chi connectivity index (χ0) is 7.82.